The van der Waals surface area contributed by atoms with Crippen LogP contribution in [0.2, 0.25) is 0 Å². The highest BCUT2D eigenvalue weighted by atomic mass is 32.1. The minimum absolute atomic E-state index is 0.894. The van der Waals surface area contributed by atoms with Crippen LogP contribution in [0.5, 0.6) is 0 Å². The predicted molar refractivity (Wildman–Crippen MR) is 289 cm³/mol. The summed E-state index contributed by atoms with van der Waals surface area (Å²) >= 11 is 1.87. The number of hydrogen-bond acceptors (Lipinski definition) is 3. The Kier molecular flexibility index (Phi) is 8.76. The van der Waals surface area contributed by atoms with Crippen molar-refractivity contribution in [2.45, 2.75) is 0 Å². The number of anilines is 3. The summed E-state index contributed by atoms with van der Waals surface area (Å²) in [7, 11) is 0. The summed E-state index contributed by atoms with van der Waals surface area (Å²) in [4.78, 5) is 2.43. The maximum atomic E-state index is 6.60. The van der Waals surface area contributed by atoms with Crippen molar-refractivity contribution in [2.24, 2.45) is 0 Å². The van der Waals surface area contributed by atoms with E-state index in [1.807, 2.05) is 17.4 Å². The van der Waals surface area contributed by atoms with Gasteiger partial charge in [0.2, 0.25) is 0 Å². The third kappa shape index (κ3) is 6.19. The predicted octanol–water partition coefficient (Wildman–Crippen LogP) is 18.7. The zero-order valence-electron chi connectivity index (χ0n) is 36.8. The van der Waals surface area contributed by atoms with E-state index in [-0.39, 0.29) is 0 Å². The lowest BCUT2D eigenvalue weighted by Crippen LogP contribution is -2.10. The van der Waals surface area contributed by atoms with Crippen molar-refractivity contribution in [3.05, 3.63) is 243 Å². The van der Waals surface area contributed by atoms with E-state index in [2.05, 4.69) is 246 Å². The maximum absolute atomic E-state index is 6.60. The first-order valence-corrected chi connectivity index (χ1v) is 24.0. The van der Waals surface area contributed by atoms with Crippen molar-refractivity contribution in [3.8, 4) is 39.1 Å². The molecule has 0 atom stereocenters. The minimum Gasteiger partial charge on any atom is -0.455 e. The molecule has 0 saturated carbocycles. The molecule has 0 aliphatic rings. The van der Waals surface area contributed by atoms with Crippen LogP contribution in [0.4, 0.5) is 17.1 Å². The molecule has 68 heavy (non-hydrogen) atoms. The summed E-state index contributed by atoms with van der Waals surface area (Å²) in [6.07, 6.45) is 0. The van der Waals surface area contributed by atoms with E-state index in [4.69, 9.17) is 4.42 Å². The largest absolute Gasteiger partial charge is 0.455 e. The van der Waals surface area contributed by atoms with Gasteiger partial charge in [-0.15, -0.1) is 11.3 Å². The van der Waals surface area contributed by atoms with Gasteiger partial charge < -0.3 is 13.9 Å². The van der Waals surface area contributed by atoms with E-state index in [1.165, 1.54) is 75.0 Å². The van der Waals surface area contributed by atoms with Gasteiger partial charge in [0.1, 0.15) is 11.2 Å². The number of thiophene rings is 1. The standard InChI is InChI=1S/C64H40N2OS/c1-2-15-43-36-44(31-30-41(43)14-1)42-32-34-47(35-33-42)65(48-18-11-16-45(37-48)51-24-13-25-56-54-22-5-9-28-61(54)67-63(51)56)50-39-57(64-58(40-50)55-23-6-10-29-62(55)68-64)46-17-12-19-49(38-46)66-59-26-7-3-20-52(59)53-21-4-8-27-60(53)66/h1-40H. The SMILES string of the molecule is c1cc(-c2cccc3c2oc2ccccc23)cc(N(c2ccc(-c3ccc4ccccc4c3)cc2)c2cc(-c3cccc(-n4c5ccccc5c5ccccc54)c3)c3sc4ccccc4c3c2)c1. The van der Waals surface area contributed by atoms with Crippen LogP contribution in [0.25, 0.3) is 114 Å². The lowest BCUT2D eigenvalue weighted by molar-refractivity contribution is 0.670. The summed E-state index contributed by atoms with van der Waals surface area (Å²) in [5, 5.41) is 9.72. The lowest BCUT2D eigenvalue weighted by atomic mass is 9.98. The van der Waals surface area contributed by atoms with Crippen LogP contribution >= 0.6 is 11.3 Å². The lowest BCUT2D eigenvalue weighted by Gasteiger charge is -2.27. The molecule has 3 nitrogen and oxygen atoms in total. The van der Waals surface area contributed by atoms with E-state index in [0.29, 0.717) is 0 Å². The molecule has 0 N–H and O–H groups in total. The zero-order valence-corrected chi connectivity index (χ0v) is 37.6. The summed E-state index contributed by atoms with van der Waals surface area (Å²) < 4.78 is 11.6. The summed E-state index contributed by atoms with van der Waals surface area (Å²) in [6, 6.07) is 88.4. The Morgan fingerprint density at radius 3 is 1.82 bits per heavy atom. The van der Waals surface area contributed by atoms with Crippen LogP contribution < -0.4 is 4.90 Å². The van der Waals surface area contributed by atoms with Crippen molar-refractivity contribution >= 4 is 103 Å². The van der Waals surface area contributed by atoms with Gasteiger partial charge in [0, 0.05) is 75.6 Å². The number of rotatable bonds is 7. The highest BCUT2D eigenvalue weighted by molar-refractivity contribution is 7.26. The second-order valence-electron chi connectivity index (χ2n) is 17.7. The van der Waals surface area contributed by atoms with Gasteiger partial charge in [-0.05, 0) is 112 Å². The molecule has 14 aromatic rings. The smallest absolute Gasteiger partial charge is 0.143 e. The molecule has 0 bridgehead atoms. The van der Waals surface area contributed by atoms with Crippen molar-refractivity contribution in [1.82, 2.24) is 4.57 Å². The van der Waals surface area contributed by atoms with E-state index in [9.17, 15) is 0 Å². The van der Waals surface area contributed by atoms with E-state index in [1.54, 1.807) is 0 Å². The Morgan fingerprint density at radius 1 is 0.353 bits per heavy atom. The highest BCUT2D eigenvalue weighted by Gasteiger charge is 2.21. The maximum Gasteiger partial charge on any atom is 0.143 e. The number of para-hydroxylation sites is 4. The second kappa shape index (κ2) is 15.5. The van der Waals surface area contributed by atoms with Gasteiger partial charge in [0.15, 0.2) is 0 Å². The molecule has 3 aromatic heterocycles. The molecular formula is C64H40N2OS. The van der Waals surface area contributed by atoms with Gasteiger partial charge in [-0.2, -0.15) is 0 Å². The first-order chi connectivity index (χ1) is 33.7. The van der Waals surface area contributed by atoms with Crippen molar-refractivity contribution in [2.75, 3.05) is 4.90 Å². The third-order valence-electron chi connectivity index (χ3n) is 13.7. The van der Waals surface area contributed by atoms with E-state index in [0.717, 1.165) is 55.8 Å². The van der Waals surface area contributed by atoms with Crippen molar-refractivity contribution in [3.63, 3.8) is 0 Å². The molecule has 0 saturated heterocycles. The molecule has 0 fully saturated rings. The van der Waals surface area contributed by atoms with Crippen LogP contribution in [-0.2, 0) is 0 Å². The fourth-order valence-electron chi connectivity index (χ4n) is 10.6. The third-order valence-corrected chi connectivity index (χ3v) is 15.0. The van der Waals surface area contributed by atoms with Gasteiger partial charge in [-0.3, -0.25) is 0 Å². The molecule has 0 aliphatic heterocycles. The molecule has 318 valence electrons. The van der Waals surface area contributed by atoms with Crippen LogP contribution in [0.3, 0.4) is 0 Å². The molecule has 0 unspecified atom stereocenters. The first-order valence-electron chi connectivity index (χ1n) is 23.1. The summed E-state index contributed by atoms with van der Waals surface area (Å²) in [6.45, 7) is 0. The van der Waals surface area contributed by atoms with Gasteiger partial charge in [0.05, 0.1) is 11.0 Å². The van der Waals surface area contributed by atoms with Crippen LogP contribution in [-0.4, -0.2) is 4.57 Å². The quantitative estimate of drug-likeness (QED) is 0.159. The van der Waals surface area contributed by atoms with E-state index >= 15 is 0 Å². The number of aromatic nitrogens is 1. The molecule has 0 amide bonds. The zero-order chi connectivity index (χ0) is 44.7. The topological polar surface area (TPSA) is 21.3 Å². The van der Waals surface area contributed by atoms with Gasteiger partial charge >= 0.3 is 0 Å². The Bertz CT molecular complexity index is 4230. The number of furan rings is 1. The van der Waals surface area contributed by atoms with Crippen molar-refractivity contribution in [1.29, 1.82) is 0 Å². The van der Waals surface area contributed by atoms with Gasteiger partial charge in [-0.25, -0.2) is 0 Å². The average molecular weight is 885 g/mol. The Morgan fingerprint density at radius 2 is 1.00 bits per heavy atom. The summed E-state index contributed by atoms with van der Waals surface area (Å²) in [5.41, 5.74) is 15.4. The summed E-state index contributed by atoms with van der Waals surface area (Å²) in [5.74, 6) is 0. The van der Waals surface area contributed by atoms with Gasteiger partial charge in [-0.1, -0.05) is 164 Å². The second-order valence-corrected chi connectivity index (χ2v) is 18.7. The Balaban J connectivity index is 0.983. The molecule has 0 radical (unpaired) electrons. The fraction of sp³-hybridized carbons (Fsp3) is 0. The first kappa shape index (κ1) is 38.6. The molecular weight excluding hydrogens is 845 g/mol. The monoisotopic (exact) mass is 884 g/mol. The van der Waals surface area contributed by atoms with Gasteiger partial charge in [0.25, 0.3) is 0 Å². The number of hydrogen-bond donors (Lipinski definition) is 0. The minimum atomic E-state index is 0.894. The molecule has 14 rings (SSSR count). The Hall–Kier alpha value is -8.70. The van der Waals surface area contributed by atoms with Crippen LogP contribution in [0.1, 0.15) is 0 Å². The molecule has 11 aromatic carbocycles. The highest BCUT2D eigenvalue weighted by Crippen LogP contribution is 2.47. The molecule has 0 spiro atoms. The molecule has 3 heterocycles. The van der Waals surface area contributed by atoms with E-state index < -0.39 is 0 Å². The Labute approximate surface area is 396 Å². The molecule has 0 aliphatic carbocycles. The number of fused-ring (bicyclic) bond motifs is 10. The average Bonchev–Trinajstić information content (AvgIpc) is 4.09. The normalized spacial score (nSPS) is 11.8. The van der Waals surface area contributed by atoms with Crippen LogP contribution in [0.15, 0.2) is 247 Å². The number of benzene rings is 11. The molecule has 4 heteroatoms. The fourth-order valence-corrected chi connectivity index (χ4v) is 11.8. The van der Waals surface area contributed by atoms with Crippen LogP contribution in [0, 0.1) is 0 Å². The number of nitrogens with zero attached hydrogens (tertiary/aromatic N) is 2. The van der Waals surface area contributed by atoms with Crippen molar-refractivity contribution < 1.29 is 4.42 Å².